The van der Waals surface area contributed by atoms with Gasteiger partial charge in [0.05, 0.1) is 18.3 Å². The first-order chi connectivity index (χ1) is 9.29. The van der Waals surface area contributed by atoms with Gasteiger partial charge in [0.1, 0.15) is 5.82 Å². The summed E-state index contributed by atoms with van der Waals surface area (Å²) < 4.78 is 14.2. The van der Waals surface area contributed by atoms with Gasteiger partial charge in [0.2, 0.25) is 5.91 Å². The first kappa shape index (κ1) is 17.1. The van der Waals surface area contributed by atoms with Crippen LogP contribution in [0.5, 0.6) is 0 Å². The maximum Gasteiger partial charge on any atom is 0.238 e. The van der Waals surface area contributed by atoms with Gasteiger partial charge < -0.3 is 10.4 Å². The van der Waals surface area contributed by atoms with E-state index < -0.39 is 11.9 Å². The predicted molar refractivity (Wildman–Crippen MR) is 81.1 cm³/mol. The lowest BCUT2D eigenvalue weighted by atomic mass is 10.2. The van der Waals surface area contributed by atoms with E-state index in [1.165, 1.54) is 12.1 Å². The van der Waals surface area contributed by atoms with Crippen LogP contribution in [0.25, 0.3) is 0 Å². The normalized spacial score (nSPS) is 12.8. The Kier molecular flexibility index (Phi) is 6.58. The van der Waals surface area contributed by atoms with Gasteiger partial charge in [-0.2, -0.15) is 0 Å². The van der Waals surface area contributed by atoms with Gasteiger partial charge in [0.15, 0.2) is 0 Å². The third kappa shape index (κ3) is 5.56. The molecule has 0 aliphatic rings. The SMILES string of the molecule is CC(O)CN(CC(=O)Nc1ccc(Br)cc1F)C(C)C. The van der Waals surface area contributed by atoms with Crippen molar-refractivity contribution in [3.05, 3.63) is 28.5 Å². The third-order valence-corrected chi connectivity index (χ3v) is 3.27. The molecule has 1 rings (SSSR count). The van der Waals surface area contributed by atoms with Crippen LogP contribution in [0.15, 0.2) is 22.7 Å². The summed E-state index contributed by atoms with van der Waals surface area (Å²) in [6, 6.07) is 4.58. The van der Waals surface area contributed by atoms with Crippen LogP contribution in [-0.2, 0) is 4.79 Å². The van der Waals surface area contributed by atoms with Gasteiger partial charge in [0.25, 0.3) is 0 Å². The molecule has 0 heterocycles. The van der Waals surface area contributed by atoms with Crippen LogP contribution < -0.4 is 5.32 Å². The molecule has 1 amide bonds. The summed E-state index contributed by atoms with van der Waals surface area (Å²) in [6.07, 6.45) is -0.519. The standard InChI is InChI=1S/C14H20BrFN2O2/c1-9(2)18(7-10(3)19)8-14(20)17-13-5-4-11(15)6-12(13)16/h4-6,9-10,19H,7-8H2,1-3H3,(H,17,20). The monoisotopic (exact) mass is 346 g/mol. The summed E-state index contributed by atoms with van der Waals surface area (Å²) in [5.41, 5.74) is 0.152. The van der Waals surface area contributed by atoms with E-state index in [1.54, 1.807) is 13.0 Å². The Hall–Kier alpha value is -0.980. The van der Waals surface area contributed by atoms with E-state index >= 15 is 0 Å². The van der Waals surface area contributed by atoms with Crippen LogP contribution in [0.1, 0.15) is 20.8 Å². The van der Waals surface area contributed by atoms with Gasteiger partial charge in [-0.05, 0) is 39.0 Å². The van der Waals surface area contributed by atoms with E-state index in [9.17, 15) is 14.3 Å². The smallest absolute Gasteiger partial charge is 0.238 e. The fourth-order valence-corrected chi connectivity index (χ4v) is 2.10. The van der Waals surface area contributed by atoms with Crippen LogP contribution in [0.4, 0.5) is 10.1 Å². The zero-order chi connectivity index (χ0) is 15.3. The van der Waals surface area contributed by atoms with Crippen LogP contribution in [-0.4, -0.2) is 41.1 Å². The highest BCUT2D eigenvalue weighted by Crippen LogP contribution is 2.19. The van der Waals surface area contributed by atoms with Crippen LogP contribution in [0.3, 0.4) is 0 Å². The lowest BCUT2D eigenvalue weighted by Crippen LogP contribution is -2.41. The van der Waals surface area contributed by atoms with Crippen molar-refractivity contribution in [3.63, 3.8) is 0 Å². The molecule has 0 saturated heterocycles. The van der Waals surface area contributed by atoms with Crippen molar-refractivity contribution < 1.29 is 14.3 Å². The quantitative estimate of drug-likeness (QED) is 0.832. The van der Waals surface area contributed by atoms with Crippen molar-refractivity contribution >= 4 is 27.5 Å². The highest BCUT2D eigenvalue weighted by Gasteiger charge is 2.16. The minimum Gasteiger partial charge on any atom is -0.392 e. The molecule has 0 fully saturated rings. The van der Waals surface area contributed by atoms with E-state index in [0.29, 0.717) is 11.0 Å². The largest absolute Gasteiger partial charge is 0.392 e. The number of anilines is 1. The number of benzene rings is 1. The molecule has 1 aromatic rings. The second-order valence-electron chi connectivity index (χ2n) is 5.04. The molecule has 6 heteroatoms. The number of carbonyl (C=O) groups excluding carboxylic acids is 1. The van der Waals surface area contributed by atoms with Gasteiger partial charge in [-0.3, -0.25) is 9.69 Å². The van der Waals surface area contributed by atoms with Crippen molar-refractivity contribution in [2.24, 2.45) is 0 Å². The molecule has 0 radical (unpaired) electrons. The topological polar surface area (TPSA) is 52.6 Å². The summed E-state index contributed by atoms with van der Waals surface area (Å²) in [7, 11) is 0. The Bertz CT molecular complexity index is 466. The highest BCUT2D eigenvalue weighted by atomic mass is 79.9. The van der Waals surface area contributed by atoms with Gasteiger partial charge in [-0.25, -0.2) is 4.39 Å². The Morgan fingerprint density at radius 3 is 2.60 bits per heavy atom. The molecule has 1 aromatic carbocycles. The number of aliphatic hydroxyl groups excluding tert-OH is 1. The van der Waals surface area contributed by atoms with Gasteiger partial charge >= 0.3 is 0 Å². The Labute approximate surface area is 127 Å². The second-order valence-corrected chi connectivity index (χ2v) is 5.96. The predicted octanol–water partition coefficient (Wildman–Crippen LogP) is 2.62. The van der Waals surface area contributed by atoms with Crippen LogP contribution >= 0.6 is 15.9 Å². The number of amides is 1. The van der Waals surface area contributed by atoms with Crippen molar-refractivity contribution in [2.45, 2.75) is 32.9 Å². The summed E-state index contributed by atoms with van der Waals surface area (Å²) in [5, 5.41) is 11.9. The first-order valence-corrected chi connectivity index (χ1v) is 7.26. The maximum absolute atomic E-state index is 13.6. The van der Waals surface area contributed by atoms with Crippen molar-refractivity contribution in [1.82, 2.24) is 4.90 Å². The van der Waals surface area contributed by atoms with Crippen LogP contribution in [0.2, 0.25) is 0 Å². The molecule has 0 bridgehead atoms. The average molecular weight is 347 g/mol. The molecular weight excluding hydrogens is 327 g/mol. The molecule has 1 atom stereocenters. The summed E-state index contributed by atoms with van der Waals surface area (Å²) in [5.74, 6) is -0.792. The molecular formula is C14H20BrFN2O2. The molecule has 0 saturated carbocycles. The number of carbonyl (C=O) groups is 1. The molecule has 20 heavy (non-hydrogen) atoms. The van der Waals surface area contributed by atoms with E-state index in [0.717, 1.165) is 0 Å². The molecule has 0 spiro atoms. The highest BCUT2D eigenvalue weighted by molar-refractivity contribution is 9.10. The fourth-order valence-electron chi connectivity index (χ4n) is 1.76. The minimum absolute atomic E-state index is 0.109. The fraction of sp³-hybridized carbons (Fsp3) is 0.500. The number of nitrogens with zero attached hydrogens (tertiary/aromatic N) is 1. The number of halogens is 2. The molecule has 4 nitrogen and oxygen atoms in total. The molecule has 2 N–H and O–H groups in total. The Morgan fingerprint density at radius 1 is 1.45 bits per heavy atom. The Balaban J connectivity index is 2.65. The minimum atomic E-state index is -0.519. The summed E-state index contributed by atoms with van der Waals surface area (Å²) >= 11 is 3.16. The number of aliphatic hydroxyl groups is 1. The van der Waals surface area contributed by atoms with Crippen molar-refractivity contribution in [2.75, 3.05) is 18.4 Å². The van der Waals surface area contributed by atoms with E-state index in [-0.39, 0.29) is 24.2 Å². The maximum atomic E-state index is 13.6. The van der Waals surface area contributed by atoms with Gasteiger partial charge in [-0.1, -0.05) is 15.9 Å². The van der Waals surface area contributed by atoms with E-state index in [1.807, 2.05) is 18.7 Å². The number of hydrogen-bond donors (Lipinski definition) is 2. The summed E-state index contributed by atoms with van der Waals surface area (Å²) in [6.45, 7) is 6.05. The molecule has 0 aromatic heterocycles. The number of hydrogen-bond acceptors (Lipinski definition) is 3. The molecule has 0 aliphatic heterocycles. The molecule has 0 aliphatic carbocycles. The number of rotatable bonds is 6. The lowest BCUT2D eigenvalue weighted by molar-refractivity contribution is -0.118. The zero-order valence-electron chi connectivity index (χ0n) is 11.9. The Morgan fingerprint density at radius 2 is 2.10 bits per heavy atom. The van der Waals surface area contributed by atoms with Crippen molar-refractivity contribution in [3.8, 4) is 0 Å². The number of nitrogens with one attached hydrogen (secondary N) is 1. The van der Waals surface area contributed by atoms with Crippen LogP contribution in [0, 0.1) is 5.82 Å². The third-order valence-electron chi connectivity index (χ3n) is 2.78. The van der Waals surface area contributed by atoms with E-state index in [2.05, 4.69) is 21.2 Å². The lowest BCUT2D eigenvalue weighted by Gasteiger charge is -2.26. The average Bonchev–Trinajstić information content (AvgIpc) is 2.31. The van der Waals surface area contributed by atoms with Gasteiger partial charge in [0, 0.05) is 17.1 Å². The first-order valence-electron chi connectivity index (χ1n) is 6.46. The molecule has 112 valence electrons. The second kappa shape index (κ2) is 7.71. The molecule has 1 unspecified atom stereocenters. The zero-order valence-corrected chi connectivity index (χ0v) is 13.4. The summed E-state index contributed by atoms with van der Waals surface area (Å²) in [4.78, 5) is 13.8. The van der Waals surface area contributed by atoms with Gasteiger partial charge in [-0.15, -0.1) is 0 Å². The van der Waals surface area contributed by atoms with Crippen molar-refractivity contribution in [1.29, 1.82) is 0 Å². The van der Waals surface area contributed by atoms with E-state index in [4.69, 9.17) is 0 Å².